The van der Waals surface area contributed by atoms with Crippen LogP contribution in [0.2, 0.25) is 0 Å². The molecule has 0 saturated carbocycles. The number of benzene rings is 1. The molecule has 0 N–H and O–H groups in total. The maximum atomic E-state index is 13.2. The topological polar surface area (TPSA) is 81.9 Å². The van der Waals surface area contributed by atoms with E-state index in [1.807, 2.05) is 47.5 Å². The summed E-state index contributed by atoms with van der Waals surface area (Å²) in [5, 5.41) is 0. The Balaban J connectivity index is 1.39. The van der Waals surface area contributed by atoms with Crippen molar-refractivity contribution in [2.45, 2.75) is 52.9 Å². The van der Waals surface area contributed by atoms with Crippen molar-refractivity contribution in [2.24, 2.45) is 26.6 Å². The van der Waals surface area contributed by atoms with E-state index in [0.29, 0.717) is 25.3 Å². The first-order valence-electron chi connectivity index (χ1n) is 14.2. The van der Waals surface area contributed by atoms with Crippen molar-refractivity contribution in [2.75, 3.05) is 11.4 Å². The average molecular weight is 554 g/mol. The zero-order valence-electron chi connectivity index (χ0n) is 24.8. The lowest BCUT2D eigenvalue weighted by molar-refractivity contribution is 0.173. The highest BCUT2D eigenvalue weighted by Crippen LogP contribution is 2.35. The number of nitrogens with zero attached hydrogens (tertiary/aromatic N) is 9. The Morgan fingerprint density at radius 2 is 1.59 bits per heavy atom. The fourth-order valence-corrected chi connectivity index (χ4v) is 5.90. The first-order chi connectivity index (χ1) is 19.6. The molecule has 6 rings (SSSR count). The van der Waals surface area contributed by atoms with E-state index in [1.54, 1.807) is 4.57 Å². The second-order valence-electron chi connectivity index (χ2n) is 12.6. The van der Waals surface area contributed by atoms with Crippen LogP contribution in [0.25, 0.3) is 11.2 Å². The second kappa shape index (κ2) is 10.3. The minimum atomic E-state index is -0.0339. The molecular formula is C31H39N9O. The molecule has 0 radical (unpaired) electrons. The summed E-state index contributed by atoms with van der Waals surface area (Å²) in [5.74, 6) is 0.841. The molecule has 1 unspecified atom stereocenters. The number of aromatic nitrogens is 7. The highest BCUT2D eigenvalue weighted by Gasteiger charge is 2.31. The van der Waals surface area contributed by atoms with E-state index in [1.165, 1.54) is 5.56 Å². The van der Waals surface area contributed by atoms with Crippen LogP contribution in [0, 0.1) is 5.41 Å². The van der Waals surface area contributed by atoms with Crippen molar-refractivity contribution in [3.8, 4) is 0 Å². The fourth-order valence-electron chi connectivity index (χ4n) is 5.90. The van der Waals surface area contributed by atoms with E-state index in [0.717, 1.165) is 41.4 Å². The quantitative estimate of drug-likeness (QED) is 0.303. The van der Waals surface area contributed by atoms with Gasteiger partial charge in [-0.15, -0.1) is 0 Å². The lowest BCUT2D eigenvalue weighted by atomic mass is 9.96. The molecule has 1 atom stereocenters. The first-order valence-corrected chi connectivity index (χ1v) is 14.2. The van der Waals surface area contributed by atoms with Crippen molar-refractivity contribution < 1.29 is 0 Å². The number of pyridine rings is 1. The number of hydrogen-bond donors (Lipinski definition) is 0. The summed E-state index contributed by atoms with van der Waals surface area (Å²) in [6, 6.07) is 12.9. The van der Waals surface area contributed by atoms with E-state index in [4.69, 9.17) is 4.98 Å². The van der Waals surface area contributed by atoms with E-state index in [-0.39, 0.29) is 17.1 Å². The van der Waals surface area contributed by atoms with Crippen LogP contribution in [0.3, 0.4) is 0 Å². The molecule has 10 nitrogen and oxygen atoms in total. The lowest BCUT2D eigenvalue weighted by Crippen LogP contribution is -2.46. The Hall–Kier alpha value is -4.18. The third kappa shape index (κ3) is 5.44. The average Bonchev–Trinajstić information content (AvgIpc) is 3.61. The molecule has 5 heterocycles. The van der Waals surface area contributed by atoms with Gasteiger partial charge in [0.05, 0.1) is 29.6 Å². The minimum absolute atomic E-state index is 0.0273. The van der Waals surface area contributed by atoms with Gasteiger partial charge in [-0.05, 0) is 35.6 Å². The van der Waals surface area contributed by atoms with Gasteiger partial charge in [0.2, 0.25) is 0 Å². The van der Waals surface area contributed by atoms with Gasteiger partial charge in [-0.3, -0.25) is 14.0 Å². The van der Waals surface area contributed by atoms with Crippen LogP contribution < -0.4 is 10.6 Å². The Bertz CT molecular complexity index is 1710. The molecule has 5 aromatic rings. The van der Waals surface area contributed by atoms with Crippen LogP contribution in [-0.2, 0) is 47.2 Å². The molecule has 1 aromatic carbocycles. The second-order valence-corrected chi connectivity index (χ2v) is 12.6. The van der Waals surface area contributed by atoms with Crippen LogP contribution in [-0.4, -0.2) is 50.7 Å². The van der Waals surface area contributed by atoms with Crippen molar-refractivity contribution in [3.05, 3.63) is 88.9 Å². The largest absolute Gasteiger partial charge is 0.340 e. The molecule has 0 fully saturated rings. The standard InChI is InChI=1S/C31H39N9O/c1-31(2,3)19-40-27-11-12-28(34-29(27)37(6)30(40)41)39-18-25(13-22-9-7-8-10-26(22)39)38(16-23-14-35(4)20-32-23)17-24-15-36(5)21-33-24/h7-12,14-15,20-21,25H,13,16-19H2,1-6H3. The SMILES string of the molecule is Cn1cnc(CN(Cc2cn(C)cn2)C2Cc3ccccc3N(c3ccc4c(n3)n(C)c(=O)n4CC(C)(C)C)C2)c1. The van der Waals surface area contributed by atoms with Gasteiger partial charge in [-0.1, -0.05) is 39.0 Å². The van der Waals surface area contributed by atoms with Crippen LogP contribution in [0.1, 0.15) is 37.7 Å². The van der Waals surface area contributed by atoms with Crippen molar-refractivity contribution >= 4 is 22.7 Å². The Kier molecular flexibility index (Phi) is 6.81. The van der Waals surface area contributed by atoms with Gasteiger partial charge in [-0.25, -0.2) is 19.7 Å². The molecule has 1 aliphatic rings. The maximum absolute atomic E-state index is 13.2. The van der Waals surface area contributed by atoms with Crippen LogP contribution >= 0.6 is 0 Å². The molecule has 214 valence electrons. The van der Waals surface area contributed by atoms with Gasteiger partial charge in [0, 0.05) is 71.4 Å². The predicted molar refractivity (Wildman–Crippen MR) is 161 cm³/mol. The molecular weight excluding hydrogens is 514 g/mol. The molecule has 0 aliphatic carbocycles. The van der Waals surface area contributed by atoms with Gasteiger partial charge >= 0.3 is 5.69 Å². The number of fused-ring (bicyclic) bond motifs is 2. The van der Waals surface area contributed by atoms with E-state index in [2.05, 4.69) is 89.3 Å². The van der Waals surface area contributed by atoms with E-state index in [9.17, 15) is 4.79 Å². The number of rotatable bonds is 7. The molecule has 0 bridgehead atoms. The highest BCUT2D eigenvalue weighted by molar-refractivity contribution is 5.76. The lowest BCUT2D eigenvalue weighted by Gasteiger charge is -2.40. The van der Waals surface area contributed by atoms with E-state index < -0.39 is 0 Å². The van der Waals surface area contributed by atoms with Crippen molar-refractivity contribution in [1.29, 1.82) is 0 Å². The summed E-state index contributed by atoms with van der Waals surface area (Å²) >= 11 is 0. The highest BCUT2D eigenvalue weighted by atomic mass is 16.1. The van der Waals surface area contributed by atoms with Crippen LogP contribution in [0.15, 0.2) is 66.2 Å². The zero-order chi connectivity index (χ0) is 28.9. The van der Waals surface area contributed by atoms with Gasteiger partial charge < -0.3 is 14.0 Å². The third-order valence-electron chi connectivity index (χ3n) is 7.77. The van der Waals surface area contributed by atoms with Gasteiger partial charge in [-0.2, -0.15) is 0 Å². The molecule has 0 amide bonds. The summed E-state index contributed by atoms with van der Waals surface area (Å²) in [6.45, 7) is 9.26. The minimum Gasteiger partial charge on any atom is -0.340 e. The molecule has 0 spiro atoms. The number of aryl methyl sites for hydroxylation is 3. The Labute approximate surface area is 240 Å². The molecule has 10 heteroatoms. The summed E-state index contributed by atoms with van der Waals surface area (Å²) in [6.07, 6.45) is 8.78. The van der Waals surface area contributed by atoms with Crippen molar-refractivity contribution in [1.82, 2.24) is 38.1 Å². The molecule has 1 aliphatic heterocycles. The summed E-state index contributed by atoms with van der Waals surface area (Å²) in [4.78, 5) is 32.3. The number of anilines is 2. The normalized spacial score (nSPS) is 15.7. The first kappa shape index (κ1) is 27.0. The summed E-state index contributed by atoms with van der Waals surface area (Å²) in [7, 11) is 5.82. The van der Waals surface area contributed by atoms with Crippen LogP contribution in [0.4, 0.5) is 11.5 Å². The van der Waals surface area contributed by atoms with Gasteiger partial charge in [0.1, 0.15) is 5.82 Å². The maximum Gasteiger partial charge on any atom is 0.330 e. The van der Waals surface area contributed by atoms with Crippen molar-refractivity contribution in [3.63, 3.8) is 0 Å². The van der Waals surface area contributed by atoms with E-state index >= 15 is 0 Å². The fraction of sp³-hybridized carbons (Fsp3) is 0.419. The van der Waals surface area contributed by atoms with Crippen LogP contribution in [0.5, 0.6) is 0 Å². The predicted octanol–water partition coefficient (Wildman–Crippen LogP) is 4.01. The number of imidazole rings is 3. The summed E-state index contributed by atoms with van der Waals surface area (Å²) in [5.41, 5.74) is 6.00. The van der Waals surface area contributed by atoms with Gasteiger partial charge in [0.25, 0.3) is 0 Å². The smallest absolute Gasteiger partial charge is 0.330 e. The molecule has 4 aromatic heterocycles. The zero-order valence-corrected chi connectivity index (χ0v) is 24.8. The summed E-state index contributed by atoms with van der Waals surface area (Å²) < 4.78 is 7.50. The monoisotopic (exact) mass is 553 g/mol. The Morgan fingerprint density at radius 3 is 2.20 bits per heavy atom. The Morgan fingerprint density at radius 1 is 0.927 bits per heavy atom. The van der Waals surface area contributed by atoms with Gasteiger partial charge in [0.15, 0.2) is 5.65 Å². The molecule has 0 saturated heterocycles. The third-order valence-corrected chi connectivity index (χ3v) is 7.77. The number of para-hydroxylation sites is 1. The number of hydrogen-bond acceptors (Lipinski definition) is 6. The molecule has 41 heavy (non-hydrogen) atoms.